The van der Waals surface area contributed by atoms with Crippen LogP contribution in [0.5, 0.6) is 11.6 Å². The Kier molecular flexibility index (Phi) is 3.08. The monoisotopic (exact) mass is 336 g/mol. The van der Waals surface area contributed by atoms with Crippen molar-refractivity contribution in [2.24, 2.45) is 11.8 Å². The number of rotatable bonds is 4. The van der Waals surface area contributed by atoms with Gasteiger partial charge in [0.05, 0.1) is 25.2 Å². The summed E-state index contributed by atoms with van der Waals surface area (Å²) < 4.78 is 11.0. The summed E-state index contributed by atoms with van der Waals surface area (Å²) in [4.78, 5) is 17.1. The lowest BCUT2D eigenvalue weighted by Gasteiger charge is -2.18. The van der Waals surface area contributed by atoms with E-state index in [1.165, 1.54) is 5.56 Å². The number of benzene rings is 1. The number of para-hydroxylation sites is 1. The average Bonchev–Trinajstić information content (AvgIpc) is 3.56. The van der Waals surface area contributed by atoms with Crippen LogP contribution in [-0.2, 0) is 10.3 Å². The van der Waals surface area contributed by atoms with Gasteiger partial charge in [-0.05, 0) is 36.1 Å². The highest BCUT2D eigenvalue weighted by Crippen LogP contribution is 2.59. The van der Waals surface area contributed by atoms with Crippen LogP contribution in [0.2, 0.25) is 0 Å². The van der Waals surface area contributed by atoms with E-state index in [9.17, 15) is 4.79 Å². The van der Waals surface area contributed by atoms with Gasteiger partial charge in [0.25, 0.3) is 0 Å². The van der Waals surface area contributed by atoms with Crippen LogP contribution in [0.4, 0.5) is 0 Å². The van der Waals surface area contributed by atoms with Crippen molar-refractivity contribution in [3.63, 3.8) is 0 Å². The van der Waals surface area contributed by atoms with Crippen LogP contribution in [0.3, 0.4) is 0 Å². The number of carbonyl (C=O) groups is 1. The van der Waals surface area contributed by atoms with Gasteiger partial charge in [-0.3, -0.25) is 4.79 Å². The topological polar surface area (TPSA) is 60.5 Å². The lowest BCUT2D eigenvalue weighted by atomic mass is 10.0. The fraction of sp³-hybridized carbons (Fsp3) is 0.400. The predicted octanol–water partition coefficient (Wildman–Crippen LogP) is 2.62. The van der Waals surface area contributed by atoms with E-state index >= 15 is 0 Å². The molecule has 1 aromatic heterocycles. The van der Waals surface area contributed by atoms with E-state index < -0.39 is 0 Å². The summed E-state index contributed by atoms with van der Waals surface area (Å²) in [5, 5.41) is 3.31. The molecule has 0 bridgehead atoms. The minimum absolute atomic E-state index is 0.0184. The first kappa shape index (κ1) is 14.8. The molecule has 5 rings (SSSR count). The van der Waals surface area contributed by atoms with E-state index in [2.05, 4.69) is 16.4 Å². The fourth-order valence-electron chi connectivity index (χ4n) is 4.18. The molecular formula is C20H20N2O3. The molecule has 0 radical (unpaired) electrons. The standard InChI is InChI=1S/C20H20N2O3/c1-24-16-10-12(6-9-21-16)20(7-8-20)22-19(23)18-14-11-25-15-5-3-2-4-13(15)17(14)18/h2-6,9-10,14,17-18H,7-8,11H2,1H3,(H,22,23). The largest absolute Gasteiger partial charge is 0.493 e. The second-order valence-corrected chi connectivity index (χ2v) is 7.22. The van der Waals surface area contributed by atoms with Crippen LogP contribution in [0.1, 0.15) is 29.9 Å². The first-order chi connectivity index (χ1) is 12.2. The Balaban J connectivity index is 1.35. The van der Waals surface area contributed by atoms with E-state index in [4.69, 9.17) is 9.47 Å². The molecule has 3 atom stereocenters. The summed E-state index contributed by atoms with van der Waals surface area (Å²) >= 11 is 0. The maximum absolute atomic E-state index is 13.0. The molecule has 5 heteroatoms. The van der Waals surface area contributed by atoms with Gasteiger partial charge in [0.15, 0.2) is 0 Å². The highest BCUT2D eigenvalue weighted by Gasteiger charge is 2.60. The summed E-state index contributed by atoms with van der Waals surface area (Å²) in [6.45, 7) is 0.635. The number of pyridine rings is 1. The Morgan fingerprint density at radius 1 is 1.32 bits per heavy atom. The van der Waals surface area contributed by atoms with Crippen LogP contribution < -0.4 is 14.8 Å². The molecule has 0 saturated heterocycles. The third-order valence-corrected chi connectivity index (χ3v) is 5.79. The third kappa shape index (κ3) is 2.29. The van der Waals surface area contributed by atoms with Crippen LogP contribution in [0, 0.1) is 11.8 Å². The van der Waals surface area contributed by atoms with Crippen molar-refractivity contribution in [3.8, 4) is 11.6 Å². The molecule has 2 saturated carbocycles. The highest BCUT2D eigenvalue weighted by atomic mass is 16.5. The fourth-order valence-corrected chi connectivity index (χ4v) is 4.18. The number of methoxy groups -OCH3 is 1. The lowest BCUT2D eigenvalue weighted by molar-refractivity contribution is -0.123. The number of fused-ring (bicyclic) bond motifs is 3. The Morgan fingerprint density at radius 2 is 2.16 bits per heavy atom. The summed E-state index contributed by atoms with van der Waals surface area (Å²) in [5.74, 6) is 2.28. The summed E-state index contributed by atoms with van der Waals surface area (Å²) in [5.41, 5.74) is 2.00. The van der Waals surface area contributed by atoms with E-state index in [-0.39, 0.29) is 17.4 Å². The van der Waals surface area contributed by atoms with E-state index in [0.717, 1.165) is 24.2 Å². The van der Waals surface area contributed by atoms with Crippen molar-refractivity contribution in [2.75, 3.05) is 13.7 Å². The maximum atomic E-state index is 13.0. The van der Waals surface area contributed by atoms with Crippen molar-refractivity contribution < 1.29 is 14.3 Å². The Morgan fingerprint density at radius 3 is 2.96 bits per heavy atom. The molecular weight excluding hydrogens is 316 g/mol. The average molecular weight is 336 g/mol. The van der Waals surface area contributed by atoms with Crippen LogP contribution in [-0.4, -0.2) is 24.6 Å². The molecule has 3 unspecified atom stereocenters. The zero-order valence-electron chi connectivity index (χ0n) is 14.1. The van der Waals surface area contributed by atoms with Crippen molar-refractivity contribution in [2.45, 2.75) is 24.3 Å². The van der Waals surface area contributed by atoms with Gasteiger partial charge < -0.3 is 14.8 Å². The zero-order valence-corrected chi connectivity index (χ0v) is 14.1. The maximum Gasteiger partial charge on any atom is 0.224 e. The van der Waals surface area contributed by atoms with Gasteiger partial charge in [-0.15, -0.1) is 0 Å². The van der Waals surface area contributed by atoms with Gasteiger partial charge in [0.1, 0.15) is 5.75 Å². The van der Waals surface area contributed by atoms with Gasteiger partial charge >= 0.3 is 0 Å². The van der Waals surface area contributed by atoms with E-state index in [0.29, 0.717) is 24.3 Å². The van der Waals surface area contributed by atoms with Gasteiger partial charge in [0.2, 0.25) is 11.8 Å². The molecule has 1 aliphatic heterocycles. The minimum Gasteiger partial charge on any atom is -0.493 e. The van der Waals surface area contributed by atoms with Gasteiger partial charge in [-0.1, -0.05) is 18.2 Å². The molecule has 1 aromatic carbocycles. The quantitative estimate of drug-likeness (QED) is 0.932. The van der Waals surface area contributed by atoms with Crippen LogP contribution in [0.25, 0.3) is 0 Å². The Hall–Kier alpha value is -2.56. The molecule has 0 spiro atoms. The first-order valence-corrected chi connectivity index (χ1v) is 8.76. The number of carbonyl (C=O) groups excluding carboxylic acids is 1. The highest BCUT2D eigenvalue weighted by molar-refractivity contribution is 5.85. The third-order valence-electron chi connectivity index (χ3n) is 5.79. The lowest BCUT2D eigenvalue weighted by Crippen LogP contribution is -2.36. The number of amides is 1. The summed E-state index contributed by atoms with van der Waals surface area (Å²) in [7, 11) is 1.61. The molecule has 1 amide bonds. The van der Waals surface area contributed by atoms with Crippen LogP contribution in [0.15, 0.2) is 42.6 Å². The van der Waals surface area contributed by atoms with Gasteiger partial charge in [-0.25, -0.2) is 4.98 Å². The summed E-state index contributed by atoms with van der Waals surface area (Å²) in [6.07, 6.45) is 3.66. The number of nitrogens with one attached hydrogen (secondary N) is 1. The number of hydrogen-bond acceptors (Lipinski definition) is 4. The molecule has 2 aromatic rings. The molecule has 128 valence electrons. The Bertz CT molecular complexity index is 846. The minimum atomic E-state index is -0.251. The molecule has 2 fully saturated rings. The number of nitrogens with zero attached hydrogens (tertiary/aromatic N) is 1. The SMILES string of the molecule is COc1cc(C2(NC(=O)C3C4COc5ccccc5C43)CC2)ccn1. The first-order valence-electron chi connectivity index (χ1n) is 8.76. The molecule has 1 N–H and O–H groups in total. The van der Waals surface area contributed by atoms with Crippen LogP contribution >= 0.6 is 0 Å². The van der Waals surface area contributed by atoms with Gasteiger partial charge in [0, 0.05) is 24.1 Å². The second-order valence-electron chi connectivity index (χ2n) is 7.22. The van der Waals surface area contributed by atoms with Crippen molar-refractivity contribution >= 4 is 5.91 Å². The van der Waals surface area contributed by atoms with Crippen molar-refractivity contribution in [3.05, 3.63) is 53.7 Å². The number of hydrogen-bond donors (Lipinski definition) is 1. The van der Waals surface area contributed by atoms with Crippen molar-refractivity contribution in [1.29, 1.82) is 0 Å². The molecule has 2 heterocycles. The number of ether oxygens (including phenoxy) is 2. The second kappa shape index (κ2) is 5.22. The normalized spacial score (nSPS) is 27.3. The van der Waals surface area contributed by atoms with Crippen molar-refractivity contribution in [1.82, 2.24) is 10.3 Å². The summed E-state index contributed by atoms with van der Waals surface area (Å²) in [6, 6.07) is 12.0. The zero-order chi connectivity index (χ0) is 17.0. The van der Waals surface area contributed by atoms with E-state index in [1.54, 1.807) is 13.3 Å². The van der Waals surface area contributed by atoms with Gasteiger partial charge in [-0.2, -0.15) is 0 Å². The Labute approximate surface area is 146 Å². The number of aromatic nitrogens is 1. The predicted molar refractivity (Wildman–Crippen MR) is 91.5 cm³/mol. The smallest absolute Gasteiger partial charge is 0.224 e. The molecule has 5 nitrogen and oxygen atoms in total. The van der Waals surface area contributed by atoms with E-state index in [1.807, 2.05) is 30.3 Å². The molecule has 25 heavy (non-hydrogen) atoms. The molecule has 2 aliphatic carbocycles. The molecule has 3 aliphatic rings.